The Bertz CT molecular complexity index is 398. The lowest BCUT2D eigenvalue weighted by molar-refractivity contribution is 0.475. The first-order chi connectivity index (χ1) is 7.83. The van der Waals surface area contributed by atoms with Gasteiger partial charge in [-0.25, -0.2) is 0 Å². The minimum Gasteiger partial charge on any atom is -0.508 e. The Hall–Kier alpha value is -1.59. The predicted molar refractivity (Wildman–Crippen MR) is 72.7 cm³/mol. The first-order valence-electron chi connectivity index (χ1n) is 4.99. The van der Waals surface area contributed by atoms with E-state index in [1.807, 2.05) is 30.1 Å². The zero-order chi connectivity index (χ0) is 11.6. The maximum Gasteiger partial charge on any atom is 0.115 e. The van der Waals surface area contributed by atoms with Crippen molar-refractivity contribution in [3.05, 3.63) is 73.1 Å². The highest BCUT2D eigenvalue weighted by Gasteiger charge is 1.81. The van der Waals surface area contributed by atoms with Crippen molar-refractivity contribution < 1.29 is 5.11 Å². The Morgan fingerprint density at radius 2 is 1.38 bits per heavy atom. The minimum absolute atomic E-state index is 0.322. The Balaban J connectivity index is 0.000000165. The van der Waals surface area contributed by atoms with Crippen LogP contribution < -0.4 is 5.30 Å². The Labute approximate surface area is 98.2 Å². The normalized spacial score (nSPS) is 9.50. The molecule has 0 radical (unpaired) electrons. The molecule has 0 bridgehead atoms. The van der Waals surface area contributed by atoms with Gasteiger partial charge in [0.25, 0.3) is 0 Å². The van der Waals surface area contributed by atoms with Gasteiger partial charge >= 0.3 is 0 Å². The van der Waals surface area contributed by atoms with Crippen LogP contribution >= 0.6 is 8.58 Å². The summed E-state index contributed by atoms with van der Waals surface area (Å²) < 4.78 is 0. The van der Waals surface area contributed by atoms with Crippen molar-refractivity contribution in [1.82, 2.24) is 0 Å². The number of phenols is 1. The van der Waals surface area contributed by atoms with Crippen LogP contribution in [-0.2, 0) is 0 Å². The second kappa shape index (κ2) is 7.67. The summed E-state index contributed by atoms with van der Waals surface area (Å²) in [6, 6.07) is 19.1. The van der Waals surface area contributed by atoms with Gasteiger partial charge in [0, 0.05) is 0 Å². The van der Waals surface area contributed by atoms with Crippen molar-refractivity contribution in [2.75, 3.05) is 0 Å². The van der Waals surface area contributed by atoms with E-state index in [0.29, 0.717) is 5.75 Å². The zero-order valence-electron chi connectivity index (χ0n) is 9.01. The van der Waals surface area contributed by atoms with Crippen molar-refractivity contribution in [2.24, 2.45) is 0 Å². The van der Waals surface area contributed by atoms with Crippen molar-refractivity contribution in [3.63, 3.8) is 0 Å². The second-order valence-electron chi connectivity index (χ2n) is 3.05. The van der Waals surface area contributed by atoms with Gasteiger partial charge in [-0.3, -0.25) is 0 Å². The molecule has 1 nitrogen and oxygen atoms in total. The average molecular weight is 230 g/mol. The fourth-order valence-corrected chi connectivity index (χ4v) is 1.70. The molecule has 0 aliphatic heterocycles. The standard InChI is InChI=1S/C8H9P.C6H6O/c1-2-9-8-6-4-3-5-7-8;7-6-4-2-1-3-5-6/h2-7,9H,1H2;1-5,7H. The van der Waals surface area contributed by atoms with Crippen LogP contribution in [0.25, 0.3) is 0 Å². The van der Waals surface area contributed by atoms with Gasteiger partial charge in [-0.1, -0.05) is 69.5 Å². The van der Waals surface area contributed by atoms with Crippen molar-refractivity contribution >= 4 is 13.9 Å². The molecule has 82 valence electrons. The third-order valence-electron chi connectivity index (χ3n) is 1.80. The summed E-state index contributed by atoms with van der Waals surface area (Å²) in [4.78, 5) is 0. The van der Waals surface area contributed by atoms with Crippen LogP contribution in [0, 0.1) is 0 Å². The molecule has 0 spiro atoms. The van der Waals surface area contributed by atoms with Crippen LogP contribution in [0.3, 0.4) is 0 Å². The molecule has 0 aliphatic carbocycles. The zero-order valence-corrected chi connectivity index (χ0v) is 10.0. The maximum absolute atomic E-state index is 8.63. The van der Waals surface area contributed by atoms with Gasteiger partial charge in [0.2, 0.25) is 0 Å². The molecular formula is C14H15OP. The highest BCUT2D eigenvalue weighted by molar-refractivity contribution is 7.50. The van der Waals surface area contributed by atoms with Gasteiger partial charge < -0.3 is 5.11 Å². The van der Waals surface area contributed by atoms with Crippen LogP contribution in [-0.4, -0.2) is 5.11 Å². The summed E-state index contributed by atoms with van der Waals surface area (Å²) in [7, 11) is 0.751. The van der Waals surface area contributed by atoms with E-state index in [4.69, 9.17) is 5.11 Å². The molecule has 0 saturated carbocycles. The largest absolute Gasteiger partial charge is 0.508 e. The number of hydrogen-bond acceptors (Lipinski definition) is 1. The molecule has 0 aromatic heterocycles. The number of para-hydroxylation sites is 1. The van der Waals surface area contributed by atoms with Crippen molar-refractivity contribution in [1.29, 1.82) is 0 Å². The lowest BCUT2D eigenvalue weighted by atomic mass is 10.3. The number of hydrogen-bond donors (Lipinski definition) is 1. The van der Waals surface area contributed by atoms with Gasteiger partial charge in [0.15, 0.2) is 0 Å². The topological polar surface area (TPSA) is 20.2 Å². The molecular weight excluding hydrogens is 215 g/mol. The third-order valence-corrected chi connectivity index (χ3v) is 2.67. The van der Waals surface area contributed by atoms with Crippen molar-refractivity contribution in [2.45, 2.75) is 0 Å². The Morgan fingerprint density at radius 1 is 0.875 bits per heavy atom. The molecule has 2 aromatic rings. The van der Waals surface area contributed by atoms with Crippen LogP contribution in [0.1, 0.15) is 0 Å². The highest BCUT2D eigenvalue weighted by atomic mass is 31.1. The summed E-state index contributed by atoms with van der Waals surface area (Å²) in [6.45, 7) is 3.67. The fraction of sp³-hybridized carbons (Fsp3) is 0. The number of phenolic OH excluding ortho intramolecular Hbond substituents is 1. The van der Waals surface area contributed by atoms with E-state index in [0.717, 1.165) is 8.58 Å². The monoisotopic (exact) mass is 230 g/mol. The SMILES string of the molecule is C=CPc1ccccc1.Oc1ccccc1. The van der Waals surface area contributed by atoms with Gasteiger partial charge in [-0.05, 0) is 17.4 Å². The Kier molecular flexibility index (Phi) is 5.98. The average Bonchev–Trinajstić information content (AvgIpc) is 2.33. The molecule has 0 saturated heterocycles. The number of benzene rings is 2. The molecule has 1 unspecified atom stereocenters. The van der Waals surface area contributed by atoms with Gasteiger partial charge in [-0.15, -0.1) is 0 Å². The van der Waals surface area contributed by atoms with Gasteiger partial charge in [0.1, 0.15) is 5.75 Å². The summed E-state index contributed by atoms with van der Waals surface area (Å²) in [5, 5.41) is 9.99. The summed E-state index contributed by atoms with van der Waals surface area (Å²) in [5.74, 6) is 2.26. The molecule has 0 aliphatic rings. The number of aromatic hydroxyl groups is 1. The summed E-state index contributed by atoms with van der Waals surface area (Å²) in [5.41, 5.74) is 0. The van der Waals surface area contributed by atoms with E-state index in [-0.39, 0.29) is 0 Å². The number of rotatable bonds is 2. The minimum atomic E-state index is 0.322. The van der Waals surface area contributed by atoms with E-state index in [9.17, 15) is 0 Å². The lowest BCUT2D eigenvalue weighted by Crippen LogP contribution is -1.87. The van der Waals surface area contributed by atoms with Crippen molar-refractivity contribution in [3.8, 4) is 5.75 Å². The van der Waals surface area contributed by atoms with Gasteiger partial charge in [-0.2, -0.15) is 0 Å². The molecule has 1 atom stereocenters. The molecule has 0 fully saturated rings. The molecule has 2 rings (SSSR count). The first kappa shape index (κ1) is 12.5. The molecule has 2 aromatic carbocycles. The van der Waals surface area contributed by atoms with Crippen LogP contribution in [0.2, 0.25) is 0 Å². The van der Waals surface area contributed by atoms with E-state index in [1.54, 1.807) is 24.3 Å². The van der Waals surface area contributed by atoms with Crippen LogP contribution in [0.4, 0.5) is 0 Å². The van der Waals surface area contributed by atoms with E-state index >= 15 is 0 Å². The van der Waals surface area contributed by atoms with E-state index < -0.39 is 0 Å². The summed E-state index contributed by atoms with van der Waals surface area (Å²) in [6.07, 6.45) is 0. The molecule has 1 N–H and O–H groups in total. The molecule has 2 heteroatoms. The lowest BCUT2D eigenvalue weighted by Gasteiger charge is -1.91. The van der Waals surface area contributed by atoms with E-state index in [2.05, 4.69) is 18.7 Å². The van der Waals surface area contributed by atoms with E-state index in [1.165, 1.54) is 5.30 Å². The van der Waals surface area contributed by atoms with Crippen LogP contribution in [0.15, 0.2) is 73.1 Å². The molecule has 0 heterocycles. The summed E-state index contributed by atoms with van der Waals surface area (Å²) >= 11 is 0. The fourth-order valence-electron chi connectivity index (χ4n) is 1.08. The molecule has 0 amide bonds. The smallest absolute Gasteiger partial charge is 0.115 e. The second-order valence-corrected chi connectivity index (χ2v) is 4.32. The quantitative estimate of drug-likeness (QED) is 0.782. The highest BCUT2D eigenvalue weighted by Crippen LogP contribution is 2.08. The third kappa shape index (κ3) is 5.33. The Morgan fingerprint density at radius 3 is 1.75 bits per heavy atom. The first-order valence-corrected chi connectivity index (χ1v) is 6.07. The van der Waals surface area contributed by atoms with Crippen LogP contribution in [0.5, 0.6) is 5.75 Å². The predicted octanol–water partition coefficient (Wildman–Crippen LogP) is 3.53. The van der Waals surface area contributed by atoms with Gasteiger partial charge in [0.05, 0.1) is 0 Å². The maximum atomic E-state index is 8.63. The molecule has 16 heavy (non-hydrogen) atoms.